The van der Waals surface area contributed by atoms with Crippen molar-refractivity contribution in [1.29, 1.82) is 0 Å². The summed E-state index contributed by atoms with van der Waals surface area (Å²) in [6, 6.07) is 4.98. The minimum atomic E-state index is -1.36. The highest BCUT2D eigenvalue weighted by Crippen LogP contribution is 2.20. The molecule has 0 saturated heterocycles. The Hall–Kier alpha value is -2.34. The Balaban J connectivity index is 2.38. The van der Waals surface area contributed by atoms with Gasteiger partial charge in [-0.25, -0.2) is 4.79 Å². The summed E-state index contributed by atoms with van der Waals surface area (Å²) in [5.74, 6) is -0.635. The molecule has 0 fully saturated rings. The molecule has 6 nitrogen and oxygen atoms in total. The molecule has 1 aromatic carbocycles. The number of nitrogens with two attached hydrogens (primary N) is 1. The van der Waals surface area contributed by atoms with E-state index < -0.39 is 12.0 Å². The van der Waals surface area contributed by atoms with Gasteiger partial charge in [0, 0.05) is 22.7 Å². The predicted molar refractivity (Wildman–Crippen MR) is 66.5 cm³/mol. The van der Waals surface area contributed by atoms with Gasteiger partial charge in [0.25, 0.3) is 5.91 Å². The fourth-order valence-corrected chi connectivity index (χ4v) is 1.85. The molecule has 6 heteroatoms. The van der Waals surface area contributed by atoms with Gasteiger partial charge in [0.1, 0.15) is 0 Å². The maximum Gasteiger partial charge on any atom is 0.411 e. The lowest BCUT2D eigenvalue weighted by atomic mass is 10.1. The molecule has 0 saturated carbocycles. The first kappa shape index (κ1) is 12.1. The number of rotatable bonds is 3. The van der Waals surface area contributed by atoms with E-state index in [1.807, 2.05) is 11.5 Å². The number of carbonyl (C=O) groups excluding carboxylic acids is 1. The van der Waals surface area contributed by atoms with Crippen molar-refractivity contribution in [2.45, 2.75) is 6.42 Å². The summed E-state index contributed by atoms with van der Waals surface area (Å²) in [5, 5.41) is 11.2. The number of aromatic amines is 1. The van der Waals surface area contributed by atoms with E-state index in [9.17, 15) is 9.59 Å². The van der Waals surface area contributed by atoms with Crippen molar-refractivity contribution in [3.8, 4) is 0 Å². The van der Waals surface area contributed by atoms with Crippen molar-refractivity contribution in [3.05, 3.63) is 35.5 Å². The zero-order valence-electron chi connectivity index (χ0n) is 9.56. The van der Waals surface area contributed by atoms with Crippen molar-refractivity contribution in [3.63, 3.8) is 0 Å². The maximum atomic E-state index is 11.6. The molecule has 0 aliphatic rings. The van der Waals surface area contributed by atoms with Crippen molar-refractivity contribution in [1.82, 2.24) is 10.3 Å². The fourth-order valence-electron chi connectivity index (χ4n) is 1.85. The Morgan fingerprint density at radius 1 is 1.39 bits per heavy atom. The van der Waals surface area contributed by atoms with Crippen LogP contribution < -0.4 is 11.1 Å². The Labute approximate surface area is 103 Å². The van der Waals surface area contributed by atoms with E-state index in [-0.39, 0.29) is 0 Å². The van der Waals surface area contributed by atoms with E-state index in [2.05, 4.69) is 4.98 Å². The van der Waals surface area contributed by atoms with Gasteiger partial charge in [-0.2, -0.15) is 0 Å². The second kappa shape index (κ2) is 4.89. The highest BCUT2D eigenvalue weighted by Gasteiger charge is 2.11. The van der Waals surface area contributed by atoms with E-state index in [4.69, 9.17) is 10.8 Å². The molecule has 1 aromatic heterocycles. The van der Waals surface area contributed by atoms with E-state index in [1.54, 1.807) is 18.2 Å². The number of hydrogen-bond donors (Lipinski definition) is 4. The van der Waals surface area contributed by atoms with Crippen LogP contribution in [0.5, 0.6) is 0 Å². The van der Waals surface area contributed by atoms with E-state index in [0.29, 0.717) is 18.5 Å². The molecule has 94 valence electrons. The summed E-state index contributed by atoms with van der Waals surface area (Å²) in [7, 11) is 0. The van der Waals surface area contributed by atoms with Crippen LogP contribution in [-0.4, -0.2) is 28.6 Å². The highest BCUT2D eigenvalue weighted by atomic mass is 16.4. The Morgan fingerprint density at radius 2 is 2.17 bits per heavy atom. The van der Waals surface area contributed by atoms with Gasteiger partial charge in [-0.05, 0) is 36.7 Å². The summed E-state index contributed by atoms with van der Waals surface area (Å²) < 4.78 is 0. The predicted octanol–water partition coefficient (Wildman–Crippen LogP) is 1.08. The van der Waals surface area contributed by atoms with Gasteiger partial charge in [-0.1, -0.05) is 0 Å². The maximum absolute atomic E-state index is 11.6. The molecule has 2 aromatic rings. The normalized spacial score (nSPS) is 10.5. The first-order chi connectivity index (χ1) is 8.61. The second-order valence-electron chi connectivity index (χ2n) is 3.87. The number of H-pyrrole nitrogens is 1. The summed E-state index contributed by atoms with van der Waals surface area (Å²) >= 11 is 0. The molecule has 0 spiro atoms. The molecule has 0 radical (unpaired) electrons. The summed E-state index contributed by atoms with van der Waals surface area (Å²) in [6.07, 6.45) is 1.18. The molecule has 0 unspecified atom stereocenters. The molecule has 0 aliphatic heterocycles. The van der Waals surface area contributed by atoms with Gasteiger partial charge in [0.15, 0.2) is 0 Å². The minimum Gasteiger partial charge on any atom is -0.465 e. The number of carbonyl (C=O) groups is 2. The summed E-state index contributed by atoms with van der Waals surface area (Å²) in [5.41, 5.74) is 7.72. The van der Waals surface area contributed by atoms with Gasteiger partial charge in [-0.3, -0.25) is 10.1 Å². The number of carboxylic acid groups (broad SMARTS) is 1. The molecule has 2 amide bonds. The third kappa shape index (κ3) is 2.33. The van der Waals surface area contributed by atoms with E-state index >= 15 is 0 Å². The van der Waals surface area contributed by atoms with Crippen molar-refractivity contribution >= 4 is 22.9 Å². The van der Waals surface area contributed by atoms with Gasteiger partial charge >= 0.3 is 6.09 Å². The first-order valence-corrected chi connectivity index (χ1v) is 5.46. The molecular formula is C12H13N3O3. The molecule has 18 heavy (non-hydrogen) atoms. The lowest BCUT2D eigenvalue weighted by Gasteiger charge is -2.01. The summed E-state index contributed by atoms with van der Waals surface area (Å²) in [6.45, 7) is 0.512. The van der Waals surface area contributed by atoms with Crippen LogP contribution >= 0.6 is 0 Å². The van der Waals surface area contributed by atoms with Crippen molar-refractivity contribution in [2.24, 2.45) is 5.73 Å². The average Bonchev–Trinajstić information content (AvgIpc) is 2.71. The van der Waals surface area contributed by atoms with Crippen molar-refractivity contribution in [2.75, 3.05) is 6.54 Å². The number of amides is 2. The van der Waals surface area contributed by atoms with Crippen LogP contribution in [0.3, 0.4) is 0 Å². The first-order valence-electron chi connectivity index (χ1n) is 5.46. The van der Waals surface area contributed by atoms with Gasteiger partial charge in [0.05, 0.1) is 0 Å². The van der Waals surface area contributed by atoms with Crippen LogP contribution in [0.1, 0.15) is 15.9 Å². The molecule has 0 aliphatic carbocycles. The topological polar surface area (TPSA) is 108 Å². The lowest BCUT2D eigenvalue weighted by molar-refractivity contribution is 0.0948. The molecule has 0 bridgehead atoms. The monoisotopic (exact) mass is 247 g/mol. The SMILES string of the molecule is NCCc1c[nH]c2ccc(C(=O)NC(=O)O)cc12. The largest absolute Gasteiger partial charge is 0.465 e. The van der Waals surface area contributed by atoms with Gasteiger partial charge in [-0.15, -0.1) is 0 Å². The minimum absolute atomic E-state index is 0.308. The van der Waals surface area contributed by atoms with E-state index in [0.717, 1.165) is 16.5 Å². The lowest BCUT2D eigenvalue weighted by Crippen LogP contribution is -2.28. The third-order valence-corrected chi connectivity index (χ3v) is 2.66. The summed E-state index contributed by atoms with van der Waals surface area (Å²) in [4.78, 5) is 25.1. The van der Waals surface area contributed by atoms with Crippen LogP contribution in [-0.2, 0) is 6.42 Å². The van der Waals surface area contributed by atoms with Crippen LogP contribution in [0.25, 0.3) is 10.9 Å². The molecular weight excluding hydrogens is 234 g/mol. The zero-order valence-corrected chi connectivity index (χ0v) is 9.56. The van der Waals surface area contributed by atoms with Crippen LogP contribution in [0.15, 0.2) is 24.4 Å². The second-order valence-corrected chi connectivity index (χ2v) is 3.87. The third-order valence-electron chi connectivity index (χ3n) is 2.66. The Morgan fingerprint density at radius 3 is 2.83 bits per heavy atom. The van der Waals surface area contributed by atoms with Crippen LogP contribution in [0.2, 0.25) is 0 Å². The number of benzene rings is 1. The van der Waals surface area contributed by atoms with Gasteiger partial charge in [0.2, 0.25) is 0 Å². The molecule has 1 heterocycles. The van der Waals surface area contributed by atoms with Gasteiger partial charge < -0.3 is 15.8 Å². The Bertz CT molecular complexity index is 604. The zero-order chi connectivity index (χ0) is 13.1. The number of hydrogen-bond acceptors (Lipinski definition) is 3. The van der Waals surface area contributed by atoms with Crippen LogP contribution in [0, 0.1) is 0 Å². The van der Waals surface area contributed by atoms with Crippen LogP contribution in [0.4, 0.5) is 4.79 Å². The quantitative estimate of drug-likeness (QED) is 0.650. The number of fused-ring (bicyclic) bond motifs is 1. The molecule has 0 atom stereocenters. The number of nitrogens with one attached hydrogen (secondary N) is 2. The number of imide groups is 1. The van der Waals surface area contributed by atoms with Crippen molar-refractivity contribution < 1.29 is 14.7 Å². The smallest absolute Gasteiger partial charge is 0.411 e. The number of aromatic nitrogens is 1. The fraction of sp³-hybridized carbons (Fsp3) is 0.167. The molecule has 5 N–H and O–H groups in total. The highest BCUT2D eigenvalue weighted by molar-refractivity contribution is 6.04. The Kier molecular flexibility index (Phi) is 3.29. The molecule has 2 rings (SSSR count). The van der Waals surface area contributed by atoms with E-state index in [1.165, 1.54) is 0 Å². The standard InChI is InChI=1S/C12H13N3O3/c13-4-3-8-6-14-10-2-1-7(5-9(8)10)11(16)15-12(17)18/h1-2,5-6,14H,3-4,13H2,(H,15,16)(H,17,18). The average molecular weight is 247 g/mol.